The number of aromatic amines is 1. The van der Waals surface area contributed by atoms with Gasteiger partial charge in [-0.05, 0) is 50.2 Å². The summed E-state index contributed by atoms with van der Waals surface area (Å²) in [5.74, 6) is -0.355. The van der Waals surface area contributed by atoms with Crippen LogP contribution >= 0.6 is 0 Å². The molecule has 0 fully saturated rings. The van der Waals surface area contributed by atoms with Crippen LogP contribution in [0.4, 0.5) is 5.69 Å². The molecule has 2 heterocycles. The Morgan fingerprint density at radius 3 is 2.50 bits per heavy atom. The van der Waals surface area contributed by atoms with E-state index in [4.69, 9.17) is 0 Å². The Labute approximate surface area is 163 Å². The Kier molecular flexibility index (Phi) is 5.61. The van der Waals surface area contributed by atoms with Crippen LogP contribution < -0.4 is 5.32 Å². The SMILES string of the molecule is CC(C)n1ccc(C(=O)Nc2ccc(S(=O)(=O)N(C)Cc3ccn[nH]3)cc2)n1. The number of sulfonamides is 1. The van der Waals surface area contributed by atoms with Crippen molar-refractivity contribution in [1.82, 2.24) is 24.3 Å². The molecular formula is C18H22N6O3S. The van der Waals surface area contributed by atoms with Crippen LogP contribution in [-0.4, -0.2) is 45.7 Å². The molecule has 0 saturated heterocycles. The van der Waals surface area contributed by atoms with Crippen molar-refractivity contribution in [2.75, 3.05) is 12.4 Å². The zero-order valence-electron chi connectivity index (χ0n) is 15.8. The second-order valence-electron chi connectivity index (χ2n) is 6.60. The molecule has 28 heavy (non-hydrogen) atoms. The van der Waals surface area contributed by atoms with Gasteiger partial charge in [0.1, 0.15) is 0 Å². The molecule has 0 aliphatic carbocycles. The van der Waals surface area contributed by atoms with E-state index in [2.05, 4.69) is 20.6 Å². The average molecular weight is 402 g/mol. The Morgan fingerprint density at radius 1 is 1.21 bits per heavy atom. The van der Waals surface area contributed by atoms with Gasteiger partial charge >= 0.3 is 0 Å². The van der Waals surface area contributed by atoms with Crippen molar-refractivity contribution in [2.24, 2.45) is 0 Å². The molecule has 3 aromatic rings. The minimum Gasteiger partial charge on any atom is -0.321 e. The van der Waals surface area contributed by atoms with Gasteiger partial charge in [-0.25, -0.2) is 8.42 Å². The van der Waals surface area contributed by atoms with Crippen molar-refractivity contribution in [3.8, 4) is 0 Å². The van der Waals surface area contributed by atoms with E-state index in [9.17, 15) is 13.2 Å². The summed E-state index contributed by atoms with van der Waals surface area (Å²) in [5.41, 5.74) is 1.47. The predicted octanol–water partition coefficient (Wildman–Crippen LogP) is 2.26. The van der Waals surface area contributed by atoms with Gasteiger partial charge in [0.15, 0.2) is 5.69 Å². The lowest BCUT2D eigenvalue weighted by molar-refractivity contribution is 0.102. The van der Waals surface area contributed by atoms with Crippen LogP contribution in [0.25, 0.3) is 0 Å². The van der Waals surface area contributed by atoms with E-state index in [0.29, 0.717) is 17.1 Å². The first-order valence-corrected chi connectivity index (χ1v) is 10.1. The lowest BCUT2D eigenvalue weighted by Gasteiger charge is -2.16. The molecule has 9 nitrogen and oxygen atoms in total. The Morgan fingerprint density at radius 2 is 1.93 bits per heavy atom. The largest absolute Gasteiger partial charge is 0.321 e. The summed E-state index contributed by atoms with van der Waals surface area (Å²) >= 11 is 0. The molecule has 0 atom stereocenters. The van der Waals surface area contributed by atoms with Crippen LogP contribution in [0.2, 0.25) is 0 Å². The van der Waals surface area contributed by atoms with Crippen LogP contribution in [0.5, 0.6) is 0 Å². The van der Waals surface area contributed by atoms with Gasteiger partial charge in [0.05, 0.1) is 17.1 Å². The zero-order valence-corrected chi connectivity index (χ0v) is 16.6. The van der Waals surface area contributed by atoms with Gasteiger partial charge in [0.25, 0.3) is 5.91 Å². The smallest absolute Gasteiger partial charge is 0.276 e. The van der Waals surface area contributed by atoms with Crippen molar-refractivity contribution in [3.05, 3.63) is 60.2 Å². The molecule has 1 aromatic carbocycles. The predicted molar refractivity (Wildman–Crippen MR) is 104 cm³/mol. The highest BCUT2D eigenvalue weighted by atomic mass is 32.2. The fourth-order valence-electron chi connectivity index (χ4n) is 2.53. The van der Waals surface area contributed by atoms with E-state index in [1.807, 2.05) is 13.8 Å². The summed E-state index contributed by atoms with van der Waals surface area (Å²) in [4.78, 5) is 12.4. The Hall–Kier alpha value is -2.98. The first kappa shape index (κ1) is 19.8. The molecule has 0 saturated carbocycles. The number of carbonyl (C=O) groups is 1. The van der Waals surface area contributed by atoms with E-state index in [-0.39, 0.29) is 23.4 Å². The van der Waals surface area contributed by atoms with Crippen LogP contribution in [-0.2, 0) is 16.6 Å². The van der Waals surface area contributed by atoms with Crippen LogP contribution in [0.1, 0.15) is 36.1 Å². The lowest BCUT2D eigenvalue weighted by atomic mass is 10.3. The van der Waals surface area contributed by atoms with Crippen LogP contribution in [0.15, 0.2) is 53.7 Å². The van der Waals surface area contributed by atoms with Crippen molar-refractivity contribution in [1.29, 1.82) is 0 Å². The van der Waals surface area contributed by atoms with Gasteiger partial charge < -0.3 is 5.32 Å². The molecule has 0 spiro atoms. The standard InChI is InChI=1S/C18H22N6O3S/c1-13(2)24-11-9-17(22-24)18(25)20-14-4-6-16(7-5-14)28(26,27)23(3)12-15-8-10-19-21-15/h4-11,13H,12H2,1-3H3,(H,19,21)(H,20,25). The maximum absolute atomic E-state index is 12.7. The third-order valence-electron chi connectivity index (χ3n) is 4.14. The monoisotopic (exact) mass is 402 g/mol. The molecule has 0 aliphatic heterocycles. The summed E-state index contributed by atoms with van der Waals surface area (Å²) in [6.45, 7) is 4.12. The third-order valence-corrected chi connectivity index (χ3v) is 5.96. The van der Waals surface area contributed by atoms with Crippen molar-refractivity contribution >= 4 is 21.6 Å². The van der Waals surface area contributed by atoms with Crippen molar-refractivity contribution < 1.29 is 13.2 Å². The number of nitrogens with one attached hydrogen (secondary N) is 2. The van der Waals surface area contributed by atoms with Crippen molar-refractivity contribution in [2.45, 2.75) is 31.3 Å². The van der Waals surface area contributed by atoms with Gasteiger partial charge in [0, 0.05) is 31.2 Å². The van der Waals surface area contributed by atoms with Gasteiger partial charge in [-0.3, -0.25) is 14.6 Å². The number of hydrogen-bond donors (Lipinski definition) is 2. The van der Waals surface area contributed by atoms with Gasteiger partial charge in [-0.1, -0.05) is 0 Å². The number of rotatable bonds is 7. The van der Waals surface area contributed by atoms with E-state index >= 15 is 0 Å². The summed E-state index contributed by atoms with van der Waals surface area (Å²) in [6.07, 6.45) is 3.31. The highest BCUT2D eigenvalue weighted by Gasteiger charge is 2.21. The molecule has 0 aliphatic rings. The highest BCUT2D eigenvalue weighted by molar-refractivity contribution is 7.89. The van der Waals surface area contributed by atoms with Crippen LogP contribution in [0, 0.1) is 0 Å². The highest BCUT2D eigenvalue weighted by Crippen LogP contribution is 2.19. The Bertz CT molecular complexity index is 1040. The molecule has 3 rings (SSSR count). The quantitative estimate of drug-likeness (QED) is 0.629. The fourth-order valence-corrected chi connectivity index (χ4v) is 3.68. The molecule has 0 radical (unpaired) electrons. The number of H-pyrrole nitrogens is 1. The van der Waals surface area contributed by atoms with Gasteiger partial charge in [0.2, 0.25) is 10.0 Å². The van der Waals surface area contributed by atoms with E-state index in [1.165, 1.54) is 23.5 Å². The third kappa shape index (κ3) is 4.29. The Balaban J connectivity index is 1.69. The van der Waals surface area contributed by atoms with Crippen LogP contribution in [0.3, 0.4) is 0 Å². The number of benzene rings is 1. The summed E-state index contributed by atoms with van der Waals surface area (Å²) < 4.78 is 28.3. The van der Waals surface area contributed by atoms with E-state index < -0.39 is 10.0 Å². The summed E-state index contributed by atoms with van der Waals surface area (Å²) in [5, 5.41) is 13.5. The molecule has 2 aromatic heterocycles. The zero-order chi connectivity index (χ0) is 20.3. The molecule has 0 unspecified atom stereocenters. The number of carbonyl (C=O) groups excluding carboxylic acids is 1. The second-order valence-corrected chi connectivity index (χ2v) is 8.64. The molecule has 148 valence electrons. The van der Waals surface area contributed by atoms with Gasteiger partial charge in [-0.2, -0.15) is 14.5 Å². The van der Waals surface area contributed by atoms with E-state index in [1.54, 1.807) is 41.3 Å². The minimum absolute atomic E-state index is 0.136. The molecule has 0 bridgehead atoms. The van der Waals surface area contributed by atoms with Gasteiger partial charge in [-0.15, -0.1) is 0 Å². The molecular weight excluding hydrogens is 380 g/mol. The number of anilines is 1. The van der Waals surface area contributed by atoms with E-state index in [0.717, 1.165) is 0 Å². The number of amides is 1. The average Bonchev–Trinajstić information content (AvgIpc) is 3.34. The summed E-state index contributed by atoms with van der Waals surface area (Å²) in [6, 6.07) is 9.53. The molecule has 10 heteroatoms. The maximum Gasteiger partial charge on any atom is 0.276 e. The normalized spacial score (nSPS) is 11.9. The molecule has 1 amide bonds. The first-order valence-electron chi connectivity index (χ1n) is 8.68. The topological polar surface area (TPSA) is 113 Å². The number of aromatic nitrogens is 4. The maximum atomic E-state index is 12.7. The molecule has 2 N–H and O–H groups in total. The fraction of sp³-hybridized carbons (Fsp3) is 0.278. The first-order chi connectivity index (χ1) is 13.3. The minimum atomic E-state index is -3.66. The second kappa shape index (κ2) is 7.95. The number of nitrogens with zero attached hydrogens (tertiary/aromatic N) is 4. The van der Waals surface area contributed by atoms with Crippen molar-refractivity contribution in [3.63, 3.8) is 0 Å². The number of hydrogen-bond acceptors (Lipinski definition) is 5. The lowest BCUT2D eigenvalue weighted by Crippen LogP contribution is -2.26. The summed E-state index contributed by atoms with van der Waals surface area (Å²) in [7, 11) is -2.16.